The first-order valence-electron chi connectivity index (χ1n) is 7.05. The summed E-state index contributed by atoms with van der Waals surface area (Å²) in [5.41, 5.74) is 4.20. The number of hydrogen-bond acceptors (Lipinski definition) is 2. The molecule has 1 heterocycles. The Balaban J connectivity index is 2.36. The van der Waals surface area contributed by atoms with Crippen LogP contribution in [0.25, 0.3) is 0 Å². The summed E-state index contributed by atoms with van der Waals surface area (Å²) in [5.74, 6) is 0. The quantitative estimate of drug-likeness (QED) is 0.850. The SMILES string of the molecule is CCc1nn(C2CCCC2)c(CC)c1CNC. The molecule has 0 bridgehead atoms. The molecule has 0 atom stereocenters. The summed E-state index contributed by atoms with van der Waals surface area (Å²) in [6, 6.07) is 0.667. The zero-order valence-corrected chi connectivity index (χ0v) is 11.4. The molecule has 3 heteroatoms. The topological polar surface area (TPSA) is 29.9 Å². The lowest BCUT2D eigenvalue weighted by Gasteiger charge is -2.14. The monoisotopic (exact) mass is 235 g/mol. The molecule has 1 aromatic rings. The highest BCUT2D eigenvalue weighted by molar-refractivity contribution is 5.27. The van der Waals surface area contributed by atoms with E-state index in [1.165, 1.54) is 42.6 Å². The molecule has 17 heavy (non-hydrogen) atoms. The van der Waals surface area contributed by atoms with E-state index in [4.69, 9.17) is 5.10 Å². The molecule has 0 aliphatic heterocycles. The standard InChI is InChI=1S/C14H25N3/c1-4-13-12(10-15-3)14(5-2)17(16-13)11-8-6-7-9-11/h11,15H,4-10H2,1-3H3. The summed E-state index contributed by atoms with van der Waals surface area (Å²) >= 11 is 0. The number of aromatic nitrogens is 2. The van der Waals surface area contributed by atoms with Crippen molar-refractivity contribution >= 4 is 0 Å². The fraction of sp³-hybridized carbons (Fsp3) is 0.786. The van der Waals surface area contributed by atoms with Crippen LogP contribution in [-0.2, 0) is 19.4 Å². The largest absolute Gasteiger partial charge is 0.316 e. The lowest BCUT2D eigenvalue weighted by atomic mass is 10.1. The normalized spacial score (nSPS) is 16.9. The Hall–Kier alpha value is -0.830. The fourth-order valence-corrected chi connectivity index (χ4v) is 3.05. The zero-order valence-electron chi connectivity index (χ0n) is 11.4. The van der Waals surface area contributed by atoms with E-state index in [1.54, 1.807) is 0 Å². The maximum atomic E-state index is 4.88. The third-order valence-corrected chi connectivity index (χ3v) is 3.90. The summed E-state index contributed by atoms with van der Waals surface area (Å²) < 4.78 is 2.35. The Labute approximate surface area is 105 Å². The van der Waals surface area contributed by atoms with Crippen molar-refractivity contribution in [2.75, 3.05) is 7.05 Å². The molecule has 1 aliphatic rings. The molecule has 0 saturated heterocycles. The first-order chi connectivity index (χ1) is 8.31. The van der Waals surface area contributed by atoms with Gasteiger partial charge in [0.25, 0.3) is 0 Å². The van der Waals surface area contributed by atoms with Crippen LogP contribution >= 0.6 is 0 Å². The molecule has 1 aromatic heterocycles. The number of nitrogens with one attached hydrogen (secondary N) is 1. The van der Waals surface area contributed by atoms with Crippen LogP contribution in [-0.4, -0.2) is 16.8 Å². The van der Waals surface area contributed by atoms with Crippen molar-refractivity contribution in [3.05, 3.63) is 17.0 Å². The van der Waals surface area contributed by atoms with Gasteiger partial charge < -0.3 is 5.32 Å². The summed E-state index contributed by atoms with van der Waals surface area (Å²) in [4.78, 5) is 0. The van der Waals surface area contributed by atoms with Gasteiger partial charge in [-0.1, -0.05) is 26.7 Å². The third kappa shape index (κ3) is 2.39. The molecule has 0 aromatic carbocycles. The van der Waals surface area contributed by atoms with E-state index in [0.717, 1.165) is 19.4 Å². The number of nitrogens with zero attached hydrogens (tertiary/aromatic N) is 2. The van der Waals surface area contributed by atoms with Gasteiger partial charge >= 0.3 is 0 Å². The van der Waals surface area contributed by atoms with Gasteiger partial charge in [-0.15, -0.1) is 0 Å². The molecule has 0 spiro atoms. The highest BCUT2D eigenvalue weighted by Gasteiger charge is 2.23. The van der Waals surface area contributed by atoms with E-state index >= 15 is 0 Å². The molecular weight excluding hydrogens is 210 g/mol. The predicted molar refractivity (Wildman–Crippen MR) is 71.3 cm³/mol. The molecule has 1 fully saturated rings. The van der Waals surface area contributed by atoms with Gasteiger partial charge in [-0.2, -0.15) is 5.10 Å². The van der Waals surface area contributed by atoms with Crippen molar-refractivity contribution in [2.45, 2.75) is 65.0 Å². The fourth-order valence-electron chi connectivity index (χ4n) is 3.05. The van der Waals surface area contributed by atoms with Crippen LogP contribution in [0, 0.1) is 0 Å². The second kappa shape index (κ2) is 5.67. The molecule has 0 unspecified atom stereocenters. The average molecular weight is 235 g/mol. The Morgan fingerprint density at radius 2 is 1.94 bits per heavy atom. The molecule has 1 saturated carbocycles. The van der Waals surface area contributed by atoms with Crippen LogP contribution in [0.5, 0.6) is 0 Å². The smallest absolute Gasteiger partial charge is 0.0669 e. The molecule has 0 amide bonds. The lowest BCUT2D eigenvalue weighted by Crippen LogP contribution is -2.12. The van der Waals surface area contributed by atoms with Gasteiger partial charge in [-0.25, -0.2) is 0 Å². The van der Waals surface area contributed by atoms with Gasteiger partial charge in [-0.3, -0.25) is 4.68 Å². The highest BCUT2D eigenvalue weighted by atomic mass is 15.3. The molecule has 96 valence electrons. The molecule has 2 rings (SSSR count). The Morgan fingerprint density at radius 1 is 1.24 bits per heavy atom. The van der Waals surface area contributed by atoms with Crippen molar-refractivity contribution in [3.63, 3.8) is 0 Å². The Bertz CT molecular complexity index is 362. The van der Waals surface area contributed by atoms with Crippen LogP contribution in [0.1, 0.15) is 62.5 Å². The van der Waals surface area contributed by atoms with Crippen LogP contribution in [0.2, 0.25) is 0 Å². The summed E-state index contributed by atoms with van der Waals surface area (Å²) in [5, 5.41) is 8.16. The van der Waals surface area contributed by atoms with E-state index in [9.17, 15) is 0 Å². The van der Waals surface area contributed by atoms with Gasteiger partial charge in [0.2, 0.25) is 0 Å². The van der Waals surface area contributed by atoms with Gasteiger partial charge in [0.1, 0.15) is 0 Å². The van der Waals surface area contributed by atoms with E-state index in [0.29, 0.717) is 6.04 Å². The van der Waals surface area contributed by atoms with Crippen molar-refractivity contribution in [1.29, 1.82) is 0 Å². The average Bonchev–Trinajstić information content (AvgIpc) is 2.95. The first kappa shape index (κ1) is 12.6. The van der Waals surface area contributed by atoms with Crippen LogP contribution in [0.15, 0.2) is 0 Å². The minimum Gasteiger partial charge on any atom is -0.316 e. The van der Waals surface area contributed by atoms with Crippen molar-refractivity contribution < 1.29 is 0 Å². The second-order valence-electron chi connectivity index (χ2n) is 4.99. The van der Waals surface area contributed by atoms with E-state index in [1.807, 2.05) is 7.05 Å². The maximum absolute atomic E-state index is 4.88. The highest BCUT2D eigenvalue weighted by Crippen LogP contribution is 2.32. The van der Waals surface area contributed by atoms with E-state index in [2.05, 4.69) is 23.8 Å². The minimum atomic E-state index is 0.667. The Morgan fingerprint density at radius 3 is 2.47 bits per heavy atom. The van der Waals surface area contributed by atoms with Crippen LogP contribution in [0.3, 0.4) is 0 Å². The molecule has 1 aliphatic carbocycles. The van der Waals surface area contributed by atoms with Crippen LogP contribution in [0.4, 0.5) is 0 Å². The minimum absolute atomic E-state index is 0.667. The number of rotatable bonds is 5. The van der Waals surface area contributed by atoms with Crippen molar-refractivity contribution in [1.82, 2.24) is 15.1 Å². The summed E-state index contributed by atoms with van der Waals surface area (Å²) in [7, 11) is 2.02. The first-order valence-corrected chi connectivity index (χ1v) is 7.05. The van der Waals surface area contributed by atoms with E-state index in [-0.39, 0.29) is 0 Å². The molecular formula is C14H25N3. The number of hydrogen-bond donors (Lipinski definition) is 1. The van der Waals surface area contributed by atoms with Gasteiger partial charge in [0.15, 0.2) is 0 Å². The van der Waals surface area contributed by atoms with Crippen molar-refractivity contribution in [3.8, 4) is 0 Å². The van der Waals surface area contributed by atoms with Gasteiger partial charge in [0.05, 0.1) is 11.7 Å². The summed E-state index contributed by atoms with van der Waals surface area (Å²) in [6.07, 6.45) is 7.52. The molecule has 3 nitrogen and oxygen atoms in total. The zero-order chi connectivity index (χ0) is 12.3. The number of aryl methyl sites for hydroxylation is 1. The molecule has 1 N–H and O–H groups in total. The van der Waals surface area contributed by atoms with Crippen LogP contribution < -0.4 is 5.32 Å². The van der Waals surface area contributed by atoms with Crippen molar-refractivity contribution in [2.24, 2.45) is 0 Å². The second-order valence-corrected chi connectivity index (χ2v) is 4.99. The van der Waals surface area contributed by atoms with E-state index < -0.39 is 0 Å². The summed E-state index contributed by atoms with van der Waals surface area (Å²) in [6.45, 7) is 5.42. The van der Waals surface area contributed by atoms with Gasteiger partial charge in [0, 0.05) is 17.8 Å². The third-order valence-electron chi connectivity index (χ3n) is 3.90. The van der Waals surface area contributed by atoms with Gasteiger partial charge in [-0.05, 0) is 32.7 Å². The molecule has 0 radical (unpaired) electrons. The maximum Gasteiger partial charge on any atom is 0.0669 e. The predicted octanol–water partition coefficient (Wildman–Crippen LogP) is 2.84. The lowest BCUT2D eigenvalue weighted by molar-refractivity contribution is 0.447. The Kier molecular flexibility index (Phi) is 4.21.